The standard InChI is InChI=1S/C16H19ClN4/c1-13(14-5-2-3-6-15(14)17)20-9-11-21(12-10-20)16-18-7-4-8-19-16/h2-8,13H,9-12H2,1H3/t13-/m0/s1. The lowest BCUT2D eigenvalue weighted by Gasteiger charge is -2.38. The summed E-state index contributed by atoms with van der Waals surface area (Å²) in [4.78, 5) is 13.3. The van der Waals surface area contributed by atoms with Gasteiger partial charge >= 0.3 is 0 Å². The Labute approximate surface area is 130 Å². The Kier molecular flexibility index (Phi) is 4.36. The van der Waals surface area contributed by atoms with E-state index in [4.69, 9.17) is 11.6 Å². The highest BCUT2D eigenvalue weighted by atomic mass is 35.5. The molecule has 3 rings (SSSR count). The van der Waals surface area contributed by atoms with Gasteiger partial charge in [0.15, 0.2) is 0 Å². The van der Waals surface area contributed by atoms with Gasteiger partial charge in [-0.3, -0.25) is 4.90 Å². The molecule has 2 aromatic rings. The van der Waals surface area contributed by atoms with Gasteiger partial charge in [-0.25, -0.2) is 9.97 Å². The number of aromatic nitrogens is 2. The van der Waals surface area contributed by atoms with Crippen LogP contribution in [0.15, 0.2) is 42.7 Å². The van der Waals surface area contributed by atoms with E-state index in [9.17, 15) is 0 Å². The summed E-state index contributed by atoms with van der Waals surface area (Å²) in [5, 5.41) is 0.846. The van der Waals surface area contributed by atoms with Crippen LogP contribution in [-0.2, 0) is 0 Å². The van der Waals surface area contributed by atoms with E-state index in [1.807, 2.05) is 24.3 Å². The first-order chi connectivity index (χ1) is 10.3. The Morgan fingerprint density at radius 1 is 1.00 bits per heavy atom. The highest BCUT2D eigenvalue weighted by molar-refractivity contribution is 6.31. The number of benzene rings is 1. The van der Waals surface area contributed by atoms with E-state index < -0.39 is 0 Å². The van der Waals surface area contributed by atoms with Crippen molar-refractivity contribution in [3.05, 3.63) is 53.3 Å². The molecule has 1 fully saturated rings. The molecule has 21 heavy (non-hydrogen) atoms. The molecule has 0 aliphatic carbocycles. The summed E-state index contributed by atoms with van der Waals surface area (Å²) in [5.74, 6) is 0.822. The molecule has 0 saturated carbocycles. The largest absolute Gasteiger partial charge is 0.338 e. The Balaban J connectivity index is 1.65. The van der Waals surface area contributed by atoms with Gasteiger partial charge in [-0.1, -0.05) is 29.8 Å². The summed E-state index contributed by atoms with van der Waals surface area (Å²) < 4.78 is 0. The first kappa shape index (κ1) is 14.3. The Morgan fingerprint density at radius 2 is 1.67 bits per heavy atom. The zero-order chi connectivity index (χ0) is 14.7. The molecule has 4 nitrogen and oxygen atoms in total. The van der Waals surface area contributed by atoms with Crippen LogP contribution in [0.25, 0.3) is 0 Å². The van der Waals surface area contributed by atoms with Crippen molar-refractivity contribution in [3.63, 3.8) is 0 Å². The average Bonchev–Trinajstić information content (AvgIpc) is 2.56. The minimum absolute atomic E-state index is 0.331. The van der Waals surface area contributed by atoms with Crippen molar-refractivity contribution in [2.75, 3.05) is 31.1 Å². The lowest BCUT2D eigenvalue weighted by molar-refractivity contribution is 0.198. The van der Waals surface area contributed by atoms with Crippen molar-refractivity contribution in [2.45, 2.75) is 13.0 Å². The fourth-order valence-corrected chi connectivity index (χ4v) is 3.07. The van der Waals surface area contributed by atoms with E-state index in [0.29, 0.717) is 6.04 Å². The van der Waals surface area contributed by atoms with Gasteiger partial charge in [0.2, 0.25) is 5.95 Å². The lowest BCUT2D eigenvalue weighted by Crippen LogP contribution is -2.47. The van der Waals surface area contributed by atoms with Crippen molar-refractivity contribution in [2.24, 2.45) is 0 Å². The van der Waals surface area contributed by atoms with Crippen LogP contribution in [0, 0.1) is 0 Å². The van der Waals surface area contributed by atoms with Crippen molar-refractivity contribution in [3.8, 4) is 0 Å². The quantitative estimate of drug-likeness (QED) is 0.872. The van der Waals surface area contributed by atoms with E-state index in [1.165, 1.54) is 5.56 Å². The first-order valence-electron chi connectivity index (χ1n) is 7.26. The molecular weight excluding hydrogens is 284 g/mol. The van der Waals surface area contributed by atoms with Crippen molar-refractivity contribution >= 4 is 17.5 Å². The summed E-state index contributed by atoms with van der Waals surface area (Å²) in [6.07, 6.45) is 3.59. The molecule has 0 N–H and O–H groups in total. The first-order valence-corrected chi connectivity index (χ1v) is 7.64. The van der Waals surface area contributed by atoms with Gasteiger partial charge in [-0.15, -0.1) is 0 Å². The number of hydrogen-bond acceptors (Lipinski definition) is 4. The SMILES string of the molecule is C[C@@H](c1ccccc1Cl)N1CCN(c2ncccn2)CC1. The predicted octanol–water partition coefficient (Wildman–Crippen LogP) is 3.01. The van der Waals surface area contributed by atoms with Gasteiger partial charge in [0.1, 0.15) is 0 Å². The van der Waals surface area contributed by atoms with Crippen LogP contribution >= 0.6 is 11.6 Å². The second kappa shape index (κ2) is 6.41. The van der Waals surface area contributed by atoms with Gasteiger partial charge in [-0.2, -0.15) is 0 Å². The molecule has 1 aliphatic rings. The van der Waals surface area contributed by atoms with Crippen LogP contribution < -0.4 is 4.90 Å². The highest BCUT2D eigenvalue weighted by Crippen LogP contribution is 2.28. The van der Waals surface area contributed by atoms with Crippen molar-refractivity contribution in [1.82, 2.24) is 14.9 Å². The summed E-state index contributed by atoms with van der Waals surface area (Å²) in [6.45, 7) is 6.09. The van der Waals surface area contributed by atoms with Crippen LogP contribution in [0.1, 0.15) is 18.5 Å². The predicted molar refractivity (Wildman–Crippen MR) is 85.7 cm³/mol. The highest BCUT2D eigenvalue weighted by Gasteiger charge is 2.24. The van der Waals surface area contributed by atoms with E-state index >= 15 is 0 Å². The molecule has 5 heteroatoms. The van der Waals surface area contributed by atoms with E-state index in [1.54, 1.807) is 12.4 Å². The van der Waals surface area contributed by atoms with Gasteiger partial charge in [0, 0.05) is 49.6 Å². The maximum Gasteiger partial charge on any atom is 0.225 e. The average molecular weight is 303 g/mol. The second-order valence-electron chi connectivity index (χ2n) is 5.27. The topological polar surface area (TPSA) is 32.3 Å². The number of anilines is 1. The zero-order valence-corrected chi connectivity index (χ0v) is 12.9. The molecule has 1 saturated heterocycles. The number of rotatable bonds is 3. The molecule has 1 atom stereocenters. The van der Waals surface area contributed by atoms with Gasteiger partial charge in [0.05, 0.1) is 0 Å². The number of hydrogen-bond donors (Lipinski definition) is 0. The molecule has 2 heterocycles. The smallest absolute Gasteiger partial charge is 0.225 e. The molecule has 0 amide bonds. The molecule has 0 unspecified atom stereocenters. The van der Waals surface area contributed by atoms with E-state index in [2.05, 4.69) is 32.8 Å². The van der Waals surface area contributed by atoms with Crippen LogP contribution in [0.4, 0.5) is 5.95 Å². The van der Waals surface area contributed by atoms with Crippen LogP contribution in [0.3, 0.4) is 0 Å². The van der Waals surface area contributed by atoms with Crippen molar-refractivity contribution < 1.29 is 0 Å². The summed E-state index contributed by atoms with van der Waals surface area (Å²) in [7, 11) is 0. The number of piperazine rings is 1. The van der Waals surface area contributed by atoms with E-state index in [0.717, 1.165) is 37.1 Å². The summed E-state index contributed by atoms with van der Waals surface area (Å²) in [5.41, 5.74) is 1.20. The zero-order valence-electron chi connectivity index (χ0n) is 12.1. The number of halogens is 1. The second-order valence-corrected chi connectivity index (χ2v) is 5.68. The van der Waals surface area contributed by atoms with Crippen molar-refractivity contribution in [1.29, 1.82) is 0 Å². The summed E-state index contributed by atoms with van der Waals surface area (Å²) >= 11 is 6.31. The lowest BCUT2D eigenvalue weighted by atomic mass is 10.1. The van der Waals surface area contributed by atoms with Crippen LogP contribution in [0.5, 0.6) is 0 Å². The monoisotopic (exact) mass is 302 g/mol. The Bertz CT molecular complexity index is 582. The minimum atomic E-state index is 0.331. The molecule has 1 aromatic carbocycles. The van der Waals surface area contributed by atoms with Gasteiger partial charge in [-0.05, 0) is 24.6 Å². The molecule has 1 aromatic heterocycles. The molecule has 1 aliphatic heterocycles. The van der Waals surface area contributed by atoms with Crippen LogP contribution in [-0.4, -0.2) is 41.0 Å². The third-order valence-electron chi connectivity index (χ3n) is 4.05. The fraction of sp³-hybridized carbons (Fsp3) is 0.375. The van der Waals surface area contributed by atoms with Crippen LogP contribution in [0.2, 0.25) is 5.02 Å². The number of nitrogens with zero attached hydrogens (tertiary/aromatic N) is 4. The Morgan fingerprint density at radius 3 is 2.33 bits per heavy atom. The minimum Gasteiger partial charge on any atom is -0.338 e. The van der Waals surface area contributed by atoms with Gasteiger partial charge < -0.3 is 4.90 Å². The van der Waals surface area contributed by atoms with E-state index in [-0.39, 0.29) is 0 Å². The van der Waals surface area contributed by atoms with Gasteiger partial charge in [0.25, 0.3) is 0 Å². The molecule has 0 spiro atoms. The fourth-order valence-electron chi connectivity index (χ4n) is 2.77. The maximum atomic E-state index is 6.31. The third kappa shape index (κ3) is 3.17. The molecule has 0 radical (unpaired) electrons. The summed E-state index contributed by atoms with van der Waals surface area (Å²) in [6, 6.07) is 10.3. The Hall–Kier alpha value is -1.65. The molecular formula is C16H19ClN4. The third-order valence-corrected chi connectivity index (χ3v) is 4.40. The maximum absolute atomic E-state index is 6.31. The normalized spacial score (nSPS) is 17.7. The molecule has 110 valence electrons. The molecule has 0 bridgehead atoms.